The molecule has 0 aliphatic carbocycles. The van der Waals surface area contributed by atoms with Gasteiger partial charge in [-0.3, -0.25) is 4.79 Å². The topological polar surface area (TPSA) is 307 Å². The fraction of sp³-hybridized carbons (Fsp3) is 0.884. The van der Waals surface area contributed by atoms with Crippen LogP contribution in [0.5, 0.6) is 0 Å². The lowest BCUT2D eigenvalue weighted by Gasteiger charge is -2.48. The molecule has 3 saturated heterocycles. The van der Waals surface area contributed by atoms with Crippen LogP contribution >= 0.6 is 0 Å². The van der Waals surface area contributed by atoms with Gasteiger partial charge in [-0.2, -0.15) is 0 Å². The molecule has 0 aromatic rings. The number of ether oxygens (including phenoxy) is 6. The van der Waals surface area contributed by atoms with E-state index in [2.05, 4.69) is 67.8 Å². The second-order valence-electron chi connectivity index (χ2n) is 33.8. The summed E-state index contributed by atoms with van der Waals surface area (Å²) in [7, 11) is 0. The van der Waals surface area contributed by atoms with E-state index in [0.717, 1.165) is 51.4 Å². The third-order valence-corrected chi connectivity index (χ3v) is 23.5. The van der Waals surface area contributed by atoms with Gasteiger partial charge >= 0.3 is 0 Å². The average Bonchev–Trinajstić information content (AvgIpc) is 0.783. The molecule has 19 nitrogen and oxygen atoms in total. The number of allylic oxidation sites excluding steroid dienone is 9. The molecule has 3 rings (SSSR count). The van der Waals surface area contributed by atoms with Gasteiger partial charge in [0, 0.05) is 6.42 Å². The van der Waals surface area contributed by atoms with Crippen LogP contribution in [0.3, 0.4) is 0 Å². The Labute approximate surface area is 694 Å². The Balaban J connectivity index is 1.31. The fourth-order valence-electron chi connectivity index (χ4n) is 16.0. The van der Waals surface area contributed by atoms with Crippen LogP contribution in [0.1, 0.15) is 406 Å². The molecular formula is C95H175NO18. The number of carbonyl (C=O) groups excluding carboxylic acids is 1. The van der Waals surface area contributed by atoms with E-state index in [-0.39, 0.29) is 18.9 Å². The van der Waals surface area contributed by atoms with Crippen molar-refractivity contribution in [2.75, 3.05) is 26.4 Å². The lowest BCUT2D eigenvalue weighted by atomic mass is 9.96. The number of amides is 1. The van der Waals surface area contributed by atoms with E-state index in [1.807, 2.05) is 6.08 Å². The molecule has 1 amide bonds. The molecule has 0 bridgehead atoms. The Hall–Kier alpha value is -2.51. The van der Waals surface area contributed by atoms with Crippen molar-refractivity contribution in [1.29, 1.82) is 0 Å². The van der Waals surface area contributed by atoms with Crippen molar-refractivity contribution >= 4 is 5.91 Å². The number of rotatable bonds is 78. The summed E-state index contributed by atoms with van der Waals surface area (Å²) < 4.78 is 34.5. The molecule has 668 valence electrons. The number of hydrogen-bond acceptors (Lipinski definition) is 18. The second-order valence-corrected chi connectivity index (χ2v) is 33.8. The van der Waals surface area contributed by atoms with Crippen LogP contribution in [0.15, 0.2) is 60.8 Å². The summed E-state index contributed by atoms with van der Waals surface area (Å²) in [5.74, 6) is -0.282. The Morgan fingerprint density at radius 1 is 0.316 bits per heavy atom. The van der Waals surface area contributed by atoms with Gasteiger partial charge in [-0.25, -0.2) is 0 Å². The number of aliphatic hydroxyl groups excluding tert-OH is 11. The van der Waals surface area contributed by atoms with Gasteiger partial charge in [0.25, 0.3) is 0 Å². The molecule has 17 unspecified atom stereocenters. The molecule has 114 heavy (non-hydrogen) atoms. The maximum atomic E-state index is 13.5. The normalized spacial score (nSPS) is 24.9. The van der Waals surface area contributed by atoms with Gasteiger partial charge in [-0.15, -0.1) is 0 Å². The minimum atomic E-state index is -1.98. The first kappa shape index (κ1) is 106. The van der Waals surface area contributed by atoms with Gasteiger partial charge in [0.1, 0.15) is 73.2 Å². The van der Waals surface area contributed by atoms with E-state index >= 15 is 0 Å². The molecule has 0 aromatic carbocycles. The van der Waals surface area contributed by atoms with Gasteiger partial charge in [-0.1, -0.05) is 383 Å². The van der Waals surface area contributed by atoms with Crippen molar-refractivity contribution in [3.63, 3.8) is 0 Å². The number of hydrogen-bond donors (Lipinski definition) is 12. The maximum Gasteiger partial charge on any atom is 0.220 e. The standard InChI is InChI=1S/C95H175NO18/c1-3-5-7-9-11-13-15-17-19-21-23-25-27-29-31-33-35-36-37-38-39-40-41-42-43-45-47-49-51-53-55-57-59-61-63-65-67-69-71-73-83(101)96-78(79(100)72-70-68-66-64-62-60-58-56-54-52-50-48-46-44-34-32-30-28-26-24-22-20-18-16-14-12-10-8-6-4-2)77-109-93-89(107)86(104)91(81(75-98)111-93)114-95-90(108)87(105)92(82(76-99)112-95)113-94-88(106)85(103)84(102)80(74-97)110-94/h15,17,21,23,54,56,62,64,70,72,78-82,84-95,97-100,102-108H,3-14,16,18-20,22,24-53,55,57-61,63,65-69,71,73-77H2,1-2H3,(H,96,101)/b17-15-,23-21-,56-54+,64-62+,72-70+. The lowest BCUT2D eigenvalue weighted by molar-refractivity contribution is -0.379. The van der Waals surface area contributed by atoms with Gasteiger partial charge < -0.3 is 89.9 Å². The van der Waals surface area contributed by atoms with Gasteiger partial charge in [0.15, 0.2) is 18.9 Å². The molecule has 17 atom stereocenters. The van der Waals surface area contributed by atoms with Crippen LogP contribution in [0.25, 0.3) is 0 Å². The molecule has 19 heteroatoms. The van der Waals surface area contributed by atoms with Gasteiger partial charge in [0.05, 0.1) is 38.6 Å². The zero-order valence-electron chi connectivity index (χ0n) is 72.3. The SMILES string of the molecule is CCCCCCC/C=C\C/C=C\CCCCCCCCCCCCCCCCCCCCCCCCCCCCCC(=O)NC(COC1OC(CO)C(OC2OC(CO)C(OC3OC(CO)C(O)C(O)C3O)C(O)C2O)C(O)C1O)C(O)/C=C/CC/C=C/CC/C=C/CCCCCCCCCCCCCCCCCCCCCC. The van der Waals surface area contributed by atoms with Crippen LogP contribution in [0.2, 0.25) is 0 Å². The predicted octanol–water partition coefficient (Wildman–Crippen LogP) is 18.9. The first-order valence-corrected chi connectivity index (χ1v) is 47.5. The highest BCUT2D eigenvalue weighted by Gasteiger charge is 2.54. The van der Waals surface area contributed by atoms with E-state index in [4.69, 9.17) is 28.4 Å². The zero-order chi connectivity index (χ0) is 82.4. The molecule has 0 spiro atoms. The van der Waals surface area contributed by atoms with Crippen molar-refractivity contribution in [1.82, 2.24) is 5.32 Å². The molecule has 0 saturated carbocycles. The summed E-state index contributed by atoms with van der Waals surface area (Å²) in [4.78, 5) is 13.5. The summed E-state index contributed by atoms with van der Waals surface area (Å²) in [5, 5.41) is 121. The van der Waals surface area contributed by atoms with Crippen molar-refractivity contribution in [2.45, 2.75) is 510 Å². The molecule has 3 fully saturated rings. The summed E-state index contributed by atoms with van der Waals surface area (Å²) in [6.07, 6.45) is 72.6. The zero-order valence-corrected chi connectivity index (χ0v) is 72.3. The van der Waals surface area contributed by atoms with Gasteiger partial charge in [-0.05, 0) is 77.0 Å². The molecule has 3 aliphatic rings. The van der Waals surface area contributed by atoms with Crippen LogP contribution in [0.4, 0.5) is 0 Å². The second kappa shape index (κ2) is 74.3. The predicted molar refractivity (Wildman–Crippen MR) is 462 cm³/mol. The van der Waals surface area contributed by atoms with Crippen LogP contribution < -0.4 is 5.32 Å². The molecule has 12 N–H and O–H groups in total. The quantitative estimate of drug-likeness (QED) is 0.0199. The largest absolute Gasteiger partial charge is 0.394 e. The molecular weight excluding hydrogens is 1440 g/mol. The van der Waals surface area contributed by atoms with E-state index in [1.54, 1.807) is 6.08 Å². The average molecular weight is 1620 g/mol. The fourth-order valence-corrected chi connectivity index (χ4v) is 16.0. The number of nitrogens with one attached hydrogen (secondary N) is 1. The van der Waals surface area contributed by atoms with Gasteiger partial charge in [0.2, 0.25) is 5.91 Å². The Kier molecular flexibility index (Phi) is 68.9. The van der Waals surface area contributed by atoms with E-state index in [9.17, 15) is 61.0 Å². The Morgan fingerprint density at radius 2 is 0.588 bits per heavy atom. The highest BCUT2D eigenvalue weighted by molar-refractivity contribution is 5.76. The lowest BCUT2D eigenvalue weighted by Crippen LogP contribution is -2.66. The van der Waals surface area contributed by atoms with Crippen molar-refractivity contribution in [2.24, 2.45) is 0 Å². The highest BCUT2D eigenvalue weighted by Crippen LogP contribution is 2.34. The van der Waals surface area contributed by atoms with Crippen LogP contribution in [-0.4, -0.2) is 193 Å². The molecule has 0 aromatic heterocycles. The number of aliphatic hydroxyl groups is 11. The minimum absolute atomic E-state index is 0.235. The monoisotopic (exact) mass is 1620 g/mol. The van der Waals surface area contributed by atoms with E-state index < -0.39 is 124 Å². The smallest absolute Gasteiger partial charge is 0.220 e. The third-order valence-electron chi connectivity index (χ3n) is 23.5. The Bertz CT molecular complexity index is 2290. The maximum absolute atomic E-state index is 13.5. The third kappa shape index (κ3) is 52.0. The molecule has 3 aliphatic heterocycles. The first-order valence-electron chi connectivity index (χ1n) is 47.5. The summed E-state index contributed by atoms with van der Waals surface area (Å²) >= 11 is 0. The summed E-state index contributed by atoms with van der Waals surface area (Å²) in [6, 6.07) is -0.999. The van der Waals surface area contributed by atoms with E-state index in [0.29, 0.717) is 12.8 Å². The van der Waals surface area contributed by atoms with Crippen molar-refractivity contribution < 1.29 is 89.4 Å². The first-order chi connectivity index (χ1) is 55.8. The Morgan fingerprint density at radius 3 is 0.930 bits per heavy atom. The molecule has 0 radical (unpaired) electrons. The molecule has 3 heterocycles. The minimum Gasteiger partial charge on any atom is -0.394 e. The number of carbonyl (C=O) groups is 1. The number of unbranched alkanes of at least 4 members (excludes halogenated alkanes) is 54. The summed E-state index contributed by atoms with van der Waals surface area (Å²) in [6.45, 7) is 1.76. The van der Waals surface area contributed by atoms with Crippen LogP contribution in [-0.2, 0) is 33.2 Å². The summed E-state index contributed by atoms with van der Waals surface area (Å²) in [5.41, 5.74) is 0. The van der Waals surface area contributed by atoms with Crippen molar-refractivity contribution in [3.05, 3.63) is 60.8 Å². The van der Waals surface area contributed by atoms with Crippen LogP contribution in [0, 0.1) is 0 Å². The van der Waals surface area contributed by atoms with E-state index in [1.165, 1.54) is 321 Å². The van der Waals surface area contributed by atoms with Crippen molar-refractivity contribution in [3.8, 4) is 0 Å². The highest BCUT2D eigenvalue weighted by atomic mass is 16.8.